The van der Waals surface area contributed by atoms with Crippen LogP contribution in [0.3, 0.4) is 0 Å². The van der Waals surface area contributed by atoms with E-state index in [0.29, 0.717) is 5.52 Å². The molecule has 23 heteroatoms. The molecule has 0 saturated carbocycles. The van der Waals surface area contributed by atoms with E-state index in [-0.39, 0.29) is 28.1 Å². The Kier molecular flexibility index (Phi) is 9.09. The summed E-state index contributed by atoms with van der Waals surface area (Å²) in [6.45, 7) is -6.30. The third-order valence-corrected chi connectivity index (χ3v) is 9.71. The average molecular weight is 730 g/mol. The molecule has 0 spiro atoms. The number of benzene rings is 1. The maximum atomic E-state index is 13.4. The Hall–Kier alpha value is -3.20. The van der Waals surface area contributed by atoms with Crippen LogP contribution >= 0.6 is 38.1 Å². The fourth-order valence-corrected chi connectivity index (χ4v) is 6.93. The molecule has 250 valence electrons. The number of aromatic nitrogens is 6. The van der Waals surface area contributed by atoms with E-state index in [2.05, 4.69) is 51.0 Å². The third kappa shape index (κ3) is 6.74. The SMILES string of the molecule is C=C1C(=O)[C@H](n2cnc3c(=O)[nH]c(N)nc32)O[C@@H]1OP(=O)(S)OCC1[C@H](n2cnc3ccccc3c2=O)O[C@H](COP(=O)(O)S)[C@H]1O. The lowest BCUT2D eigenvalue weighted by molar-refractivity contribution is -0.132. The number of anilines is 1. The van der Waals surface area contributed by atoms with Crippen LogP contribution in [-0.4, -0.2) is 76.6 Å². The highest BCUT2D eigenvalue weighted by molar-refractivity contribution is 8.44. The van der Waals surface area contributed by atoms with Crippen LogP contribution in [0, 0.1) is 5.92 Å². The molecule has 19 nitrogen and oxygen atoms in total. The first-order valence-corrected chi connectivity index (χ1v) is 18.8. The van der Waals surface area contributed by atoms with E-state index in [1.165, 1.54) is 12.4 Å². The van der Waals surface area contributed by atoms with Gasteiger partial charge in [0.2, 0.25) is 18.0 Å². The third-order valence-electron chi connectivity index (χ3n) is 7.31. The molecule has 5 heterocycles. The van der Waals surface area contributed by atoms with Gasteiger partial charge in [-0.25, -0.2) is 19.1 Å². The first-order chi connectivity index (χ1) is 22.1. The van der Waals surface area contributed by atoms with Gasteiger partial charge in [-0.05, 0) is 12.1 Å². The van der Waals surface area contributed by atoms with E-state index >= 15 is 0 Å². The van der Waals surface area contributed by atoms with Gasteiger partial charge in [-0.15, -0.1) is 0 Å². The number of fused-ring (bicyclic) bond motifs is 2. The van der Waals surface area contributed by atoms with Gasteiger partial charge in [0.05, 0.1) is 42.5 Å². The molecule has 5 N–H and O–H groups in total. The number of ether oxygens (including phenoxy) is 2. The minimum absolute atomic E-state index is 0.0722. The molecule has 2 saturated heterocycles. The maximum Gasteiger partial charge on any atom is 0.388 e. The zero-order chi connectivity index (χ0) is 33.8. The van der Waals surface area contributed by atoms with Gasteiger partial charge in [-0.3, -0.25) is 37.5 Å². The number of aromatic amines is 1. The highest BCUT2D eigenvalue weighted by Gasteiger charge is 2.48. The number of aliphatic hydroxyl groups excluding tert-OH is 1. The second-order valence-electron chi connectivity index (χ2n) is 10.3. The summed E-state index contributed by atoms with van der Waals surface area (Å²) in [6, 6.07) is 6.48. The van der Waals surface area contributed by atoms with Crippen LogP contribution in [-0.2, 0) is 37.0 Å². The largest absolute Gasteiger partial charge is 0.390 e. The first kappa shape index (κ1) is 33.7. The fraction of sp³-hybridized carbons (Fsp3) is 0.333. The van der Waals surface area contributed by atoms with Crippen molar-refractivity contribution in [3.8, 4) is 0 Å². The molecule has 0 radical (unpaired) electrons. The van der Waals surface area contributed by atoms with E-state index in [0.717, 1.165) is 15.5 Å². The Bertz CT molecular complexity index is 2120. The van der Waals surface area contributed by atoms with Crippen molar-refractivity contribution in [2.45, 2.75) is 31.0 Å². The zero-order valence-electron chi connectivity index (χ0n) is 23.6. The van der Waals surface area contributed by atoms with E-state index in [4.69, 9.17) is 28.8 Å². The number of nitrogens with one attached hydrogen (secondary N) is 1. The predicted octanol–water partition coefficient (Wildman–Crippen LogP) is 1.08. The van der Waals surface area contributed by atoms with Crippen molar-refractivity contribution in [3.05, 3.63) is 69.8 Å². The molecular formula is C24H25N7O12P2S2. The topological polar surface area (TPSA) is 262 Å². The number of Topliss-reactive ketones (excluding diaryl/α,β-unsaturated/α-hetero) is 1. The average Bonchev–Trinajstić information content (AvgIpc) is 3.64. The molecule has 2 aliphatic rings. The normalized spacial score (nSPS) is 27.4. The van der Waals surface area contributed by atoms with Crippen LogP contribution in [0.1, 0.15) is 12.5 Å². The minimum Gasteiger partial charge on any atom is -0.390 e. The van der Waals surface area contributed by atoms with Crippen LogP contribution in [0.25, 0.3) is 22.1 Å². The number of aliphatic hydroxyl groups is 1. The lowest BCUT2D eigenvalue weighted by Gasteiger charge is -2.24. The molecule has 6 rings (SSSR count). The number of imidazole rings is 1. The molecular weight excluding hydrogens is 704 g/mol. The number of thiol groups is 2. The number of hydrogen-bond donors (Lipinski definition) is 6. The Labute approximate surface area is 273 Å². The number of para-hydroxylation sites is 1. The van der Waals surface area contributed by atoms with Crippen LogP contribution in [0.4, 0.5) is 5.95 Å². The van der Waals surface area contributed by atoms with Gasteiger partial charge in [-0.1, -0.05) is 43.2 Å². The van der Waals surface area contributed by atoms with Crippen molar-refractivity contribution in [2.24, 2.45) is 5.92 Å². The Morgan fingerprint density at radius 1 is 1.06 bits per heavy atom. The van der Waals surface area contributed by atoms with Crippen LogP contribution < -0.4 is 16.9 Å². The van der Waals surface area contributed by atoms with E-state index < -0.39 is 80.6 Å². The summed E-state index contributed by atoms with van der Waals surface area (Å²) >= 11 is 7.44. The molecule has 1 aromatic carbocycles. The van der Waals surface area contributed by atoms with Crippen LogP contribution in [0.2, 0.25) is 0 Å². The van der Waals surface area contributed by atoms with Crippen molar-refractivity contribution < 1.29 is 47.0 Å². The Morgan fingerprint density at radius 2 is 1.79 bits per heavy atom. The number of rotatable bonds is 10. The number of H-pyrrole nitrogens is 1. The van der Waals surface area contributed by atoms with Crippen molar-refractivity contribution in [1.29, 1.82) is 0 Å². The number of nitrogens with two attached hydrogens (primary N) is 1. The van der Waals surface area contributed by atoms with Gasteiger partial charge >= 0.3 is 13.6 Å². The maximum absolute atomic E-state index is 13.4. The van der Waals surface area contributed by atoms with Crippen LogP contribution in [0.5, 0.6) is 0 Å². The molecule has 3 unspecified atom stereocenters. The monoisotopic (exact) mass is 729 g/mol. The molecule has 3 aromatic heterocycles. The molecule has 8 atom stereocenters. The second-order valence-corrected chi connectivity index (χ2v) is 16.0. The first-order valence-electron chi connectivity index (χ1n) is 13.4. The summed E-state index contributed by atoms with van der Waals surface area (Å²) in [7, 11) is 0. The number of carbonyl (C=O) groups is 1. The summed E-state index contributed by atoms with van der Waals surface area (Å²) in [5.41, 5.74) is 4.34. The van der Waals surface area contributed by atoms with E-state index in [1.807, 2.05) is 0 Å². The smallest absolute Gasteiger partial charge is 0.388 e. The second kappa shape index (κ2) is 12.7. The Balaban J connectivity index is 1.21. The quantitative estimate of drug-likeness (QED) is 0.0758. The molecule has 47 heavy (non-hydrogen) atoms. The standard InChI is InChI=1S/C24H25N7O12P2S2/c1-10-16(32)22(30-9-27-15-18(30)28-24(25)29-19(15)34)42-23(10)43-45(38,47)40-6-12-17(33)14(7-39-44(36,37)46)41-21(12)31-8-26-13-5-3-2-4-11(13)20(31)35/h2-5,8-9,12,14,17,21-23,33H,1,6-7H2,(H,38,47)(H2,36,37,46)(H3,25,28,29,34)/t12?,14-,17+,21-,22-,23-,45?/m1/s1. The van der Waals surface area contributed by atoms with E-state index in [9.17, 15) is 33.5 Å². The van der Waals surface area contributed by atoms with E-state index in [1.54, 1.807) is 18.2 Å². The molecule has 4 aromatic rings. The van der Waals surface area contributed by atoms with Gasteiger partial charge < -0.3 is 29.7 Å². The number of hydrogen-bond acceptors (Lipinski definition) is 15. The van der Waals surface area contributed by atoms with Crippen molar-refractivity contribution >= 4 is 71.9 Å². The van der Waals surface area contributed by atoms with Gasteiger partial charge in [0.1, 0.15) is 18.7 Å². The number of nitrogens with zero attached hydrogens (tertiary/aromatic N) is 5. The summed E-state index contributed by atoms with van der Waals surface area (Å²) in [6.07, 6.45) is -4.88. The van der Waals surface area contributed by atoms with Gasteiger partial charge in [0.15, 0.2) is 17.5 Å². The fourth-order valence-electron chi connectivity index (χ4n) is 5.09. The highest BCUT2D eigenvalue weighted by Crippen LogP contribution is 2.57. The lowest BCUT2D eigenvalue weighted by atomic mass is 10.0. The summed E-state index contributed by atoms with van der Waals surface area (Å²) in [5.74, 6) is -2.13. The van der Waals surface area contributed by atoms with Gasteiger partial charge in [0, 0.05) is 5.57 Å². The van der Waals surface area contributed by atoms with Gasteiger partial charge in [-0.2, -0.15) is 4.98 Å². The predicted molar refractivity (Wildman–Crippen MR) is 168 cm³/mol. The summed E-state index contributed by atoms with van der Waals surface area (Å²) in [4.78, 5) is 62.4. The number of ketones is 1. The molecule has 0 aliphatic carbocycles. The molecule has 2 fully saturated rings. The molecule has 0 amide bonds. The molecule has 2 aliphatic heterocycles. The number of carbonyl (C=O) groups excluding carboxylic acids is 1. The number of nitrogen functional groups attached to an aromatic ring is 1. The summed E-state index contributed by atoms with van der Waals surface area (Å²) in [5, 5.41) is 11.3. The summed E-state index contributed by atoms with van der Waals surface area (Å²) < 4.78 is 54.4. The van der Waals surface area contributed by atoms with Crippen LogP contribution in [0.15, 0.2) is 58.7 Å². The molecule has 0 bridgehead atoms. The van der Waals surface area contributed by atoms with Gasteiger partial charge in [0.25, 0.3) is 11.1 Å². The van der Waals surface area contributed by atoms with Crippen molar-refractivity contribution in [1.82, 2.24) is 29.1 Å². The van der Waals surface area contributed by atoms with Crippen molar-refractivity contribution in [3.63, 3.8) is 0 Å². The lowest BCUT2D eigenvalue weighted by Crippen LogP contribution is -2.34. The minimum atomic E-state index is -4.44. The zero-order valence-corrected chi connectivity index (χ0v) is 27.2. The van der Waals surface area contributed by atoms with Crippen molar-refractivity contribution in [2.75, 3.05) is 18.9 Å². The Morgan fingerprint density at radius 3 is 2.53 bits per heavy atom. The highest BCUT2D eigenvalue weighted by atomic mass is 32.7.